The summed E-state index contributed by atoms with van der Waals surface area (Å²) in [6, 6.07) is 6.17. The summed E-state index contributed by atoms with van der Waals surface area (Å²) >= 11 is 0. The zero-order valence-electron chi connectivity index (χ0n) is 16.6. The van der Waals surface area contributed by atoms with Crippen molar-refractivity contribution in [3.05, 3.63) is 52.3 Å². The van der Waals surface area contributed by atoms with Crippen LogP contribution < -0.4 is 0 Å². The van der Waals surface area contributed by atoms with E-state index in [-0.39, 0.29) is 11.9 Å². The number of hydrogen-bond acceptors (Lipinski definition) is 3. The highest BCUT2D eigenvalue weighted by Gasteiger charge is 2.16. The summed E-state index contributed by atoms with van der Waals surface area (Å²) in [4.78, 5) is 20.2. The molecule has 1 unspecified atom stereocenters. The van der Waals surface area contributed by atoms with Crippen LogP contribution in [0.3, 0.4) is 0 Å². The molecule has 0 N–H and O–H groups in total. The van der Waals surface area contributed by atoms with Gasteiger partial charge in [-0.1, -0.05) is 25.1 Å². The lowest BCUT2D eigenvalue weighted by Crippen LogP contribution is -2.12. The number of ketones is 1. The fourth-order valence-electron chi connectivity index (χ4n) is 2.84. The molecule has 4 nitrogen and oxygen atoms in total. The average molecular weight is 352 g/mol. The van der Waals surface area contributed by atoms with Gasteiger partial charge in [0, 0.05) is 25.3 Å². The zero-order chi connectivity index (χ0) is 19.3. The predicted octanol–water partition coefficient (Wildman–Crippen LogP) is 4.71. The normalized spacial score (nSPS) is 18.5. The minimum atomic E-state index is 0.150. The Morgan fingerprint density at radius 3 is 2.62 bits per heavy atom. The van der Waals surface area contributed by atoms with E-state index in [0.717, 1.165) is 40.0 Å². The van der Waals surface area contributed by atoms with Crippen molar-refractivity contribution < 1.29 is 9.53 Å². The van der Waals surface area contributed by atoms with Crippen LogP contribution in [0.2, 0.25) is 0 Å². The maximum absolute atomic E-state index is 11.4. The van der Waals surface area contributed by atoms with Crippen molar-refractivity contribution in [3.63, 3.8) is 0 Å². The fraction of sp³-hybridized carbons (Fsp3) is 0.409. The zero-order valence-corrected chi connectivity index (χ0v) is 16.6. The molecule has 0 saturated heterocycles. The lowest BCUT2D eigenvalue weighted by atomic mass is 9.95. The number of benzene rings is 1. The molecule has 1 heterocycles. The van der Waals surface area contributed by atoms with Crippen molar-refractivity contribution in [2.24, 2.45) is 9.98 Å². The highest BCUT2D eigenvalue weighted by atomic mass is 16.5. The number of ether oxygens (including phenoxy) is 1. The highest BCUT2D eigenvalue weighted by molar-refractivity contribution is 6.22. The quantitative estimate of drug-likeness (QED) is 0.696. The van der Waals surface area contributed by atoms with Gasteiger partial charge in [0.1, 0.15) is 11.5 Å². The molecule has 0 aromatic heterocycles. The van der Waals surface area contributed by atoms with Crippen LogP contribution in [0.25, 0.3) is 5.57 Å². The van der Waals surface area contributed by atoms with Crippen molar-refractivity contribution in [2.75, 3.05) is 7.05 Å². The summed E-state index contributed by atoms with van der Waals surface area (Å²) in [5.74, 6) is 1.69. The Bertz CT molecular complexity index is 813. The number of hydrogen-bond donors (Lipinski definition) is 0. The molecule has 1 atom stereocenters. The van der Waals surface area contributed by atoms with Crippen LogP contribution in [0.5, 0.6) is 0 Å². The third-order valence-corrected chi connectivity index (χ3v) is 4.53. The first-order chi connectivity index (χ1) is 12.3. The Labute approximate surface area is 156 Å². The van der Waals surface area contributed by atoms with Crippen LogP contribution in [-0.4, -0.2) is 31.0 Å². The van der Waals surface area contributed by atoms with Crippen LogP contribution in [-0.2, 0) is 16.0 Å². The number of rotatable bonds is 6. The second-order valence-electron chi connectivity index (χ2n) is 6.73. The predicted molar refractivity (Wildman–Crippen MR) is 109 cm³/mol. The molecule has 1 aromatic rings. The van der Waals surface area contributed by atoms with E-state index in [2.05, 4.69) is 36.0 Å². The molecule has 0 saturated carbocycles. The van der Waals surface area contributed by atoms with Gasteiger partial charge in [-0.3, -0.25) is 9.79 Å². The molecule has 1 aliphatic heterocycles. The Morgan fingerprint density at radius 2 is 2.04 bits per heavy atom. The number of amidine groups is 1. The van der Waals surface area contributed by atoms with Gasteiger partial charge in [0.2, 0.25) is 0 Å². The topological polar surface area (TPSA) is 51.0 Å². The van der Waals surface area contributed by atoms with Gasteiger partial charge in [-0.15, -0.1) is 0 Å². The molecule has 138 valence electrons. The van der Waals surface area contributed by atoms with E-state index in [1.54, 1.807) is 14.0 Å². The Kier molecular flexibility index (Phi) is 6.67. The van der Waals surface area contributed by atoms with E-state index < -0.39 is 0 Å². The Morgan fingerprint density at radius 1 is 1.31 bits per heavy atom. The molecular formula is C22H28N2O2. The van der Waals surface area contributed by atoms with Gasteiger partial charge in [0.05, 0.1) is 11.7 Å². The van der Waals surface area contributed by atoms with Crippen molar-refractivity contribution in [2.45, 2.75) is 53.6 Å². The summed E-state index contributed by atoms with van der Waals surface area (Å²) in [6.07, 6.45) is 5.48. The van der Waals surface area contributed by atoms with Crippen LogP contribution >= 0.6 is 0 Å². The number of aryl methyl sites for hydroxylation is 1. The van der Waals surface area contributed by atoms with Gasteiger partial charge in [-0.2, -0.15) is 0 Å². The number of allylic oxidation sites excluding steroid dienone is 2. The van der Waals surface area contributed by atoms with Gasteiger partial charge < -0.3 is 4.74 Å². The minimum absolute atomic E-state index is 0.150. The van der Waals surface area contributed by atoms with Crippen LogP contribution in [0.1, 0.15) is 50.8 Å². The maximum atomic E-state index is 11.4. The van der Waals surface area contributed by atoms with E-state index in [1.165, 1.54) is 0 Å². The molecule has 0 bridgehead atoms. The van der Waals surface area contributed by atoms with Crippen LogP contribution in [0.15, 0.2) is 45.6 Å². The molecule has 0 amide bonds. The molecule has 4 heteroatoms. The number of carbonyl (C=O) groups is 1. The number of aliphatic imine (C=N–C) groups is 2. The minimum Gasteiger partial charge on any atom is -0.495 e. The summed E-state index contributed by atoms with van der Waals surface area (Å²) in [6.45, 7) is 9.77. The molecule has 0 radical (unpaired) electrons. The number of nitrogens with zero attached hydrogens (tertiary/aromatic N) is 2. The second kappa shape index (κ2) is 8.75. The molecule has 2 rings (SSSR count). The molecule has 1 aliphatic rings. The van der Waals surface area contributed by atoms with E-state index >= 15 is 0 Å². The lowest BCUT2D eigenvalue weighted by molar-refractivity contribution is -0.116. The lowest BCUT2D eigenvalue weighted by Gasteiger charge is -2.18. The van der Waals surface area contributed by atoms with Crippen LogP contribution in [0, 0.1) is 6.92 Å². The number of carbonyl (C=O) groups excluding carboxylic acids is 1. The summed E-state index contributed by atoms with van der Waals surface area (Å²) in [5, 5.41) is 0. The van der Waals surface area contributed by atoms with Crippen molar-refractivity contribution in [1.29, 1.82) is 0 Å². The largest absolute Gasteiger partial charge is 0.495 e. The molecular weight excluding hydrogens is 324 g/mol. The van der Waals surface area contributed by atoms with Crippen molar-refractivity contribution in [3.8, 4) is 0 Å². The third-order valence-electron chi connectivity index (χ3n) is 4.53. The third kappa shape index (κ3) is 4.78. The van der Waals surface area contributed by atoms with Crippen LogP contribution in [0.4, 0.5) is 0 Å². The van der Waals surface area contributed by atoms with Gasteiger partial charge in [-0.25, -0.2) is 4.99 Å². The first-order valence-corrected chi connectivity index (χ1v) is 9.05. The number of Topliss-reactive ketones (excluding diaryl/α,β-unsaturated/α-hetero) is 1. The van der Waals surface area contributed by atoms with E-state index in [0.29, 0.717) is 12.3 Å². The van der Waals surface area contributed by atoms with E-state index in [9.17, 15) is 4.79 Å². The molecule has 26 heavy (non-hydrogen) atoms. The SMILES string of the molecule is CCC(C)O/C(C)=C1\C=C(c2ccc(CC(C)=O)c(C)c2)C=NC1=NC. The summed E-state index contributed by atoms with van der Waals surface area (Å²) in [7, 11) is 1.74. The monoisotopic (exact) mass is 352 g/mol. The molecule has 0 spiro atoms. The molecule has 0 aliphatic carbocycles. The van der Waals surface area contributed by atoms with Gasteiger partial charge >= 0.3 is 0 Å². The fourth-order valence-corrected chi connectivity index (χ4v) is 2.84. The maximum Gasteiger partial charge on any atom is 0.157 e. The first-order valence-electron chi connectivity index (χ1n) is 9.05. The average Bonchev–Trinajstić information content (AvgIpc) is 2.62. The van der Waals surface area contributed by atoms with E-state index in [1.807, 2.05) is 32.2 Å². The van der Waals surface area contributed by atoms with Crippen molar-refractivity contribution >= 4 is 23.4 Å². The molecule has 1 aromatic carbocycles. The van der Waals surface area contributed by atoms with Crippen molar-refractivity contribution in [1.82, 2.24) is 0 Å². The summed E-state index contributed by atoms with van der Waals surface area (Å²) < 4.78 is 5.98. The Balaban J connectivity index is 2.40. The first kappa shape index (κ1) is 19.8. The Hall–Kier alpha value is -2.49. The van der Waals surface area contributed by atoms with Gasteiger partial charge in [0.25, 0.3) is 0 Å². The summed E-state index contributed by atoms with van der Waals surface area (Å²) in [5.41, 5.74) is 5.17. The highest BCUT2D eigenvalue weighted by Crippen LogP contribution is 2.25. The molecule has 0 fully saturated rings. The number of dihydropyridines is 1. The second-order valence-corrected chi connectivity index (χ2v) is 6.73. The van der Waals surface area contributed by atoms with Gasteiger partial charge in [0.15, 0.2) is 5.84 Å². The smallest absolute Gasteiger partial charge is 0.157 e. The standard InChI is InChI=1S/C22H28N2O2/c1-7-16(4)26-17(5)21-12-20(13-24-22(21)23-6)19-9-8-18(11-15(3)25)14(2)10-19/h8-10,12-13,16H,7,11H2,1-6H3/b21-17+,23-22?. The van der Waals surface area contributed by atoms with Gasteiger partial charge in [-0.05, 0) is 56.9 Å². The van der Waals surface area contributed by atoms with E-state index in [4.69, 9.17) is 4.74 Å².